The van der Waals surface area contributed by atoms with Crippen molar-refractivity contribution < 1.29 is 13.9 Å². The summed E-state index contributed by atoms with van der Waals surface area (Å²) >= 11 is 1.34. The van der Waals surface area contributed by atoms with Crippen molar-refractivity contribution in [2.75, 3.05) is 11.9 Å². The van der Waals surface area contributed by atoms with Gasteiger partial charge in [-0.05, 0) is 42.6 Å². The van der Waals surface area contributed by atoms with Crippen molar-refractivity contribution in [3.63, 3.8) is 0 Å². The van der Waals surface area contributed by atoms with E-state index in [0.29, 0.717) is 17.4 Å². The third kappa shape index (κ3) is 3.15. The molecule has 0 aliphatic heterocycles. The number of ether oxygens (including phenoxy) is 1. The van der Waals surface area contributed by atoms with Gasteiger partial charge in [-0.1, -0.05) is 11.2 Å². The maximum absolute atomic E-state index is 11.9. The first kappa shape index (κ1) is 14.3. The molecule has 0 radical (unpaired) electrons. The zero-order valence-electron chi connectivity index (χ0n) is 11.8. The Morgan fingerprint density at radius 2 is 2.09 bits per heavy atom. The molecule has 0 atom stereocenters. The fourth-order valence-electron chi connectivity index (χ4n) is 1.82. The van der Waals surface area contributed by atoms with E-state index in [4.69, 9.17) is 9.15 Å². The molecule has 112 valence electrons. The summed E-state index contributed by atoms with van der Waals surface area (Å²) in [5.74, 6) is 0.846. The number of benzene rings is 1. The highest BCUT2D eigenvalue weighted by atomic mass is 32.1. The Hall–Kier alpha value is -2.67. The molecule has 1 aromatic carbocycles. The summed E-state index contributed by atoms with van der Waals surface area (Å²) in [4.78, 5) is 12.5. The number of rotatable bonds is 5. The van der Waals surface area contributed by atoms with E-state index in [1.54, 1.807) is 12.1 Å². The first-order valence-electron chi connectivity index (χ1n) is 6.68. The molecular weight excluding hydrogens is 302 g/mol. The fourth-order valence-corrected chi connectivity index (χ4v) is 2.44. The molecule has 0 aliphatic carbocycles. The van der Waals surface area contributed by atoms with Gasteiger partial charge in [0.05, 0.1) is 11.5 Å². The normalized spacial score (nSPS) is 10.4. The number of carbonyl (C=O) groups is 1. The number of aromatic nitrogens is 2. The number of thiophene rings is 1. The molecule has 0 saturated heterocycles. The van der Waals surface area contributed by atoms with Crippen molar-refractivity contribution in [3.8, 4) is 17.2 Å². The first-order valence-corrected chi connectivity index (χ1v) is 7.56. The Kier molecular flexibility index (Phi) is 4.15. The minimum atomic E-state index is -0.267. The molecule has 3 aromatic rings. The number of nitrogens with zero attached hydrogens (tertiary/aromatic N) is 2. The molecule has 7 heteroatoms. The average molecular weight is 315 g/mol. The predicted molar refractivity (Wildman–Crippen MR) is 83.2 cm³/mol. The zero-order valence-corrected chi connectivity index (χ0v) is 12.6. The van der Waals surface area contributed by atoms with Crippen LogP contribution in [-0.2, 0) is 0 Å². The Balaban J connectivity index is 1.72. The van der Waals surface area contributed by atoms with Crippen LogP contribution in [0.15, 0.2) is 46.2 Å². The van der Waals surface area contributed by atoms with Crippen molar-refractivity contribution in [2.45, 2.75) is 6.92 Å². The maximum atomic E-state index is 11.9. The second kappa shape index (κ2) is 6.40. The number of hydrogen-bond acceptors (Lipinski definition) is 6. The van der Waals surface area contributed by atoms with Crippen LogP contribution < -0.4 is 10.1 Å². The topological polar surface area (TPSA) is 77.3 Å². The largest absolute Gasteiger partial charge is 0.494 e. The Bertz CT molecular complexity index is 751. The van der Waals surface area contributed by atoms with Gasteiger partial charge in [0.1, 0.15) is 5.75 Å². The second-order valence-electron chi connectivity index (χ2n) is 4.30. The standard InChI is InChI=1S/C15H13N3O3S/c1-2-20-11-7-5-10(6-8-11)14-17-18-15(21-14)16-13(19)12-4-3-9-22-12/h3-9H,2H2,1H3,(H,16,18,19). The molecule has 0 bridgehead atoms. The van der Waals surface area contributed by atoms with Crippen LogP contribution in [0.4, 0.5) is 6.01 Å². The predicted octanol–water partition coefficient (Wildman–Crippen LogP) is 3.45. The van der Waals surface area contributed by atoms with Gasteiger partial charge in [0.15, 0.2) is 0 Å². The smallest absolute Gasteiger partial charge is 0.322 e. The van der Waals surface area contributed by atoms with Crippen LogP contribution in [0.5, 0.6) is 5.75 Å². The molecule has 0 unspecified atom stereocenters. The Labute approximate surface area is 130 Å². The average Bonchev–Trinajstić information content (AvgIpc) is 3.19. The molecule has 2 heterocycles. The lowest BCUT2D eigenvalue weighted by Gasteiger charge is -2.02. The number of hydrogen-bond donors (Lipinski definition) is 1. The number of anilines is 1. The minimum absolute atomic E-state index is 0.0716. The van der Waals surface area contributed by atoms with Gasteiger partial charge in [-0.2, -0.15) is 0 Å². The van der Waals surface area contributed by atoms with Crippen molar-refractivity contribution in [2.24, 2.45) is 0 Å². The summed E-state index contributed by atoms with van der Waals surface area (Å²) in [6.07, 6.45) is 0. The monoisotopic (exact) mass is 315 g/mol. The quantitative estimate of drug-likeness (QED) is 0.780. The van der Waals surface area contributed by atoms with E-state index >= 15 is 0 Å². The Morgan fingerprint density at radius 3 is 2.77 bits per heavy atom. The van der Waals surface area contributed by atoms with Crippen LogP contribution in [0.25, 0.3) is 11.5 Å². The molecule has 0 aliphatic rings. The van der Waals surface area contributed by atoms with Crippen LogP contribution in [-0.4, -0.2) is 22.7 Å². The molecule has 1 amide bonds. The Morgan fingerprint density at radius 1 is 1.27 bits per heavy atom. The number of nitrogens with one attached hydrogen (secondary N) is 1. The summed E-state index contributed by atoms with van der Waals surface area (Å²) in [6, 6.07) is 10.9. The van der Waals surface area contributed by atoms with Gasteiger partial charge in [-0.25, -0.2) is 0 Å². The third-order valence-electron chi connectivity index (χ3n) is 2.80. The number of carbonyl (C=O) groups excluding carboxylic acids is 1. The van der Waals surface area contributed by atoms with Crippen molar-refractivity contribution >= 4 is 23.3 Å². The van der Waals surface area contributed by atoms with Crippen LogP contribution in [0.1, 0.15) is 16.6 Å². The highest BCUT2D eigenvalue weighted by molar-refractivity contribution is 7.12. The maximum Gasteiger partial charge on any atom is 0.322 e. The van der Waals surface area contributed by atoms with Crippen molar-refractivity contribution in [1.82, 2.24) is 10.2 Å². The summed E-state index contributed by atoms with van der Waals surface area (Å²) in [5, 5.41) is 12.2. The van der Waals surface area contributed by atoms with Gasteiger partial charge in [-0.3, -0.25) is 10.1 Å². The van der Waals surface area contributed by atoms with Crippen LogP contribution >= 0.6 is 11.3 Å². The van der Waals surface area contributed by atoms with E-state index in [1.807, 2.05) is 36.6 Å². The van der Waals surface area contributed by atoms with E-state index in [2.05, 4.69) is 15.5 Å². The van der Waals surface area contributed by atoms with E-state index in [0.717, 1.165) is 11.3 Å². The van der Waals surface area contributed by atoms with E-state index in [9.17, 15) is 4.79 Å². The summed E-state index contributed by atoms with van der Waals surface area (Å²) < 4.78 is 10.8. The van der Waals surface area contributed by atoms with E-state index < -0.39 is 0 Å². The molecule has 1 N–H and O–H groups in total. The van der Waals surface area contributed by atoms with E-state index in [-0.39, 0.29) is 11.9 Å². The lowest BCUT2D eigenvalue weighted by Crippen LogP contribution is -2.10. The highest BCUT2D eigenvalue weighted by Gasteiger charge is 2.13. The van der Waals surface area contributed by atoms with Crippen molar-refractivity contribution in [1.29, 1.82) is 0 Å². The minimum Gasteiger partial charge on any atom is -0.494 e. The fraction of sp³-hybridized carbons (Fsp3) is 0.133. The van der Waals surface area contributed by atoms with Gasteiger partial charge in [0.25, 0.3) is 5.91 Å². The van der Waals surface area contributed by atoms with Crippen LogP contribution in [0, 0.1) is 0 Å². The van der Waals surface area contributed by atoms with Gasteiger partial charge in [0, 0.05) is 5.56 Å². The summed E-state index contributed by atoms with van der Waals surface area (Å²) in [7, 11) is 0. The lowest BCUT2D eigenvalue weighted by molar-refractivity contribution is 0.102. The molecule has 22 heavy (non-hydrogen) atoms. The number of amides is 1. The highest BCUT2D eigenvalue weighted by Crippen LogP contribution is 2.23. The van der Waals surface area contributed by atoms with Gasteiger partial charge >= 0.3 is 6.01 Å². The first-order chi connectivity index (χ1) is 10.8. The molecule has 6 nitrogen and oxygen atoms in total. The molecular formula is C15H13N3O3S. The van der Waals surface area contributed by atoms with Crippen molar-refractivity contribution in [3.05, 3.63) is 46.7 Å². The van der Waals surface area contributed by atoms with Gasteiger partial charge < -0.3 is 9.15 Å². The zero-order chi connectivity index (χ0) is 15.4. The SMILES string of the molecule is CCOc1ccc(-c2nnc(NC(=O)c3cccs3)o2)cc1. The third-order valence-corrected chi connectivity index (χ3v) is 3.67. The molecule has 0 saturated carbocycles. The molecule has 2 aromatic heterocycles. The molecule has 0 spiro atoms. The van der Waals surface area contributed by atoms with Crippen LogP contribution in [0.3, 0.4) is 0 Å². The molecule has 3 rings (SSSR count). The van der Waals surface area contributed by atoms with E-state index in [1.165, 1.54) is 11.3 Å². The second-order valence-corrected chi connectivity index (χ2v) is 5.25. The van der Waals surface area contributed by atoms with Crippen LogP contribution in [0.2, 0.25) is 0 Å². The lowest BCUT2D eigenvalue weighted by atomic mass is 10.2. The summed E-state index contributed by atoms with van der Waals surface area (Å²) in [5.41, 5.74) is 0.757. The molecule has 0 fully saturated rings. The van der Waals surface area contributed by atoms with Gasteiger partial charge in [0.2, 0.25) is 5.89 Å². The summed E-state index contributed by atoms with van der Waals surface area (Å²) in [6.45, 7) is 2.53. The van der Waals surface area contributed by atoms with Gasteiger partial charge in [-0.15, -0.1) is 16.4 Å².